The fraction of sp³-hybridized carbons (Fsp3) is 1.00. The first-order valence-electron chi connectivity index (χ1n) is 1.50. The van der Waals surface area contributed by atoms with Gasteiger partial charge in [0.1, 0.15) is 0 Å². The average molecular weight is 112 g/mol. The molecule has 0 atom stereocenters. The Bertz CT molecular complexity index is 13.6. The molecule has 0 aromatic carbocycles. The Hall–Kier alpha value is -0.200. The van der Waals surface area contributed by atoms with Crippen LogP contribution in [0.1, 0.15) is 0 Å². The van der Waals surface area contributed by atoms with E-state index in [4.69, 9.17) is 20.7 Å². The van der Waals surface area contributed by atoms with E-state index < -0.39 is 0 Å². The van der Waals surface area contributed by atoms with Crippen molar-refractivity contribution >= 4 is 0 Å². The summed E-state index contributed by atoms with van der Waals surface area (Å²) in [4.78, 5) is 0. The monoisotopic (exact) mass is 112 g/mol. The first-order valence-corrected chi connectivity index (χ1v) is 1.50. The van der Waals surface area contributed by atoms with Crippen LogP contribution in [0.3, 0.4) is 0 Å². The standard InChI is InChI=1S/C2H6O2.H2O3/c3-1-2-4;1-3-2/h3-4H,1-2H2;1-2H. The highest BCUT2D eigenvalue weighted by Gasteiger charge is 1.58. The molecule has 0 fully saturated rings. The topological polar surface area (TPSA) is 90.2 Å². The van der Waals surface area contributed by atoms with Crippen LogP contribution in [-0.4, -0.2) is 33.9 Å². The van der Waals surface area contributed by atoms with Gasteiger partial charge in [-0.15, -0.1) is 0 Å². The van der Waals surface area contributed by atoms with Gasteiger partial charge in [0.2, 0.25) is 0 Å². The minimum Gasteiger partial charge on any atom is -0.394 e. The Labute approximate surface area is 40.3 Å². The molecule has 7 heavy (non-hydrogen) atoms. The van der Waals surface area contributed by atoms with Crippen LogP contribution in [0.4, 0.5) is 0 Å². The third kappa shape index (κ3) is 131. The molecule has 0 bridgehead atoms. The summed E-state index contributed by atoms with van der Waals surface area (Å²) in [5.74, 6) is 0. The lowest BCUT2D eigenvalue weighted by Gasteiger charge is -1.70. The molecule has 0 aliphatic carbocycles. The lowest BCUT2D eigenvalue weighted by molar-refractivity contribution is -0.465. The maximum atomic E-state index is 7.62. The highest BCUT2D eigenvalue weighted by atomic mass is 17.4. The Morgan fingerprint density at radius 1 is 1.00 bits per heavy atom. The van der Waals surface area contributed by atoms with Gasteiger partial charge in [0, 0.05) is 0 Å². The van der Waals surface area contributed by atoms with Gasteiger partial charge in [0.25, 0.3) is 0 Å². The second kappa shape index (κ2) is 17.0. The van der Waals surface area contributed by atoms with Crippen LogP contribution in [0, 0.1) is 0 Å². The first-order chi connectivity index (χ1) is 3.33. The largest absolute Gasteiger partial charge is 0.394 e. The lowest BCUT2D eigenvalue weighted by atomic mass is 10.8. The maximum Gasteiger partial charge on any atom is 0.0662 e. The zero-order valence-corrected chi connectivity index (χ0v) is 3.61. The van der Waals surface area contributed by atoms with Gasteiger partial charge in [-0.3, -0.25) is 0 Å². The van der Waals surface area contributed by atoms with Crippen molar-refractivity contribution in [3.8, 4) is 0 Å². The quantitative estimate of drug-likeness (QED) is 0.256. The maximum absolute atomic E-state index is 7.62. The molecular formula is C2H8O5. The minimum absolute atomic E-state index is 0.125. The highest BCUT2D eigenvalue weighted by Crippen LogP contribution is 1.39. The third-order valence-electron chi connectivity index (χ3n) is 0.1000. The molecule has 0 aliphatic rings. The molecular weight excluding hydrogens is 104 g/mol. The summed E-state index contributed by atoms with van der Waals surface area (Å²) in [5.41, 5.74) is 0. The molecule has 0 aromatic heterocycles. The van der Waals surface area contributed by atoms with E-state index >= 15 is 0 Å². The summed E-state index contributed by atoms with van der Waals surface area (Å²) in [6.45, 7) is -0.250. The predicted octanol–water partition coefficient (Wildman–Crippen LogP) is -1.08. The van der Waals surface area contributed by atoms with E-state index in [1.165, 1.54) is 0 Å². The summed E-state index contributed by atoms with van der Waals surface area (Å²) in [6, 6.07) is 0. The van der Waals surface area contributed by atoms with Crippen molar-refractivity contribution < 1.29 is 25.8 Å². The zero-order chi connectivity index (χ0) is 6.12. The van der Waals surface area contributed by atoms with Crippen molar-refractivity contribution in [1.82, 2.24) is 0 Å². The summed E-state index contributed by atoms with van der Waals surface area (Å²) in [6.07, 6.45) is 0. The van der Waals surface area contributed by atoms with Gasteiger partial charge >= 0.3 is 0 Å². The average Bonchev–Trinajstić information content (AvgIpc) is 1.69. The van der Waals surface area contributed by atoms with Crippen molar-refractivity contribution in [2.24, 2.45) is 0 Å². The molecule has 4 N–H and O–H groups in total. The van der Waals surface area contributed by atoms with Gasteiger partial charge in [-0.25, -0.2) is 10.5 Å². The summed E-state index contributed by atoms with van der Waals surface area (Å²) in [5, 5.41) is 30.8. The van der Waals surface area contributed by atoms with Gasteiger partial charge in [-0.05, 0) is 0 Å². The smallest absolute Gasteiger partial charge is 0.0662 e. The molecule has 0 saturated carbocycles. The molecule has 0 heterocycles. The number of aliphatic hydroxyl groups is 2. The molecule has 0 aliphatic heterocycles. The molecule has 0 spiro atoms. The van der Waals surface area contributed by atoms with Crippen LogP contribution in [0.5, 0.6) is 0 Å². The van der Waals surface area contributed by atoms with Crippen LogP contribution in [0.2, 0.25) is 0 Å². The van der Waals surface area contributed by atoms with Crippen LogP contribution >= 0.6 is 0 Å². The van der Waals surface area contributed by atoms with Crippen LogP contribution in [0.25, 0.3) is 0 Å². The number of hydrogen-bond donors (Lipinski definition) is 4. The van der Waals surface area contributed by atoms with E-state index in [-0.39, 0.29) is 13.2 Å². The normalized spacial score (nSPS) is 6.86. The van der Waals surface area contributed by atoms with Gasteiger partial charge in [-0.2, -0.15) is 0 Å². The molecule has 0 unspecified atom stereocenters. The van der Waals surface area contributed by atoms with E-state index in [9.17, 15) is 0 Å². The van der Waals surface area contributed by atoms with Gasteiger partial charge < -0.3 is 10.2 Å². The Balaban J connectivity index is 0. The zero-order valence-electron chi connectivity index (χ0n) is 3.61. The molecule has 5 heteroatoms. The fourth-order valence-corrected chi connectivity index (χ4v) is 0. The Morgan fingerprint density at radius 2 is 1.14 bits per heavy atom. The van der Waals surface area contributed by atoms with Crippen LogP contribution in [-0.2, 0) is 5.04 Å². The van der Waals surface area contributed by atoms with E-state index in [2.05, 4.69) is 5.04 Å². The molecule has 0 rings (SSSR count). The van der Waals surface area contributed by atoms with Gasteiger partial charge in [0.15, 0.2) is 0 Å². The number of rotatable bonds is 1. The lowest BCUT2D eigenvalue weighted by Crippen LogP contribution is -1.85. The van der Waals surface area contributed by atoms with Crippen LogP contribution < -0.4 is 0 Å². The summed E-state index contributed by atoms with van der Waals surface area (Å²) >= 11 is 0. The van der Waals surface area contributed by atoms with Crippen molar-refractivity contribution in [2.45, 2.75) is 0 Å². The highest BCUT2D eigenvalue weighted by molar-refractivity contribution is 4.06. The Morgan fingerprint density at radius 3 is 1.14 bits per heavy atom. The molecule has 46 valence electrons. The summed E-state index contributed by atoms with van der Waals surface area (Å²) in [7, 11) is 0. The molecule has 5 nitrogen and oxygen atoms in total. The van der Waals surface area contributed by atoms with E-state index in [0.717, 1.165) is 0 Å². The van der Waals surface area contributed by atoms with E-state index in [1.807, 2.05) is 0 Å². The molecule has 0 amide bonds. The van der Waals surface area contributed by atoms with Gasteiger partial charge in [0.05, 0.1) is 13.2 Å². The van der Waals surface area contributed by atoms with E-state index in [0.29, 0.717) is 0 Å². The van der Waals surface area contributed by atoms with E-state index in [1.54, 1.807) is 0 Å². The molecule has 0 aromatic rings. The second-order valence-electron chi connectivity index (χ2n) is 0.529. The van der Waals surface area contributed by atoms with Crippen molar-refractivity contribution in [1.29, 1.82) is 0 Å². The van der Waals surface area contributed by atoms with Crippen molar-refractivity contribution in [3.05, 3.63) is 0 Å². The summed E-state index contributed by atoms with van der Waals surface area (Å²) < 4.78 is 0. The predicted molar refractivity (Wildman–Crippen MR) is 20.5 cm³/mol. The van der Waals surface area contributed by atoms with Crippen molar-refractivity contribution in [2.75, 3.05) is 13.2 Å². The third-order valence-corrected chi connectivity index (χ3v) is 0.1000. The Kier molecular flexibility index (Phi) is 24.2. The SMILES string of the molecule is OCCO.OOO. The minimum atomic E-state index is -0.125. The van der Waals surface area contributed by atoms with Crippen LogP contribution in [0.15, 0.2) is 0 Å². The number of hydrogen-bond acceptors (Lipinski definition) is 5. The van der Waals surface area contributed by atoms with Gasteiger partial charge in [-0.1, -0.05) is 5.04 Å². The molecule has 0 radical (unpaired) electrons. The van der Waals surface area contributed by atoms with Crippen molar-refractivity contribution in [3.63, 3.8) is 0 Å². The second-order valence-corrected chi connectivity index (χ2v) is 0.529. The molecule has 0 saturated heterocycles. The number of aliphatic hydroxyl groups excluding tert-OH is 2. The fourth-order valence-electron chi connectivity index (χ4n) is 0. The first kappa shape index (κ1) is 9.93.